The summed E-state index contributed by atoms with van der Waals surface area (Å²) in [6, 6.07) is 17.6. The Hall–Kier alpha value is -3.62. The first-order valence-corrected chi connectivity index (χ1v) is 13.2. The molecule has 2 amide bonds. The van der Waals surface area contributed by atoms with Gasteiger partial charge >= 0.3 is 12.1 Å². The summed E-state index contributed by atoms with van der Waals surface area (Å²) < 4.78 is 24.2. The second-order valence-corrected chi connectivity index (χ2v) is 9.83. The Labute approximate surface area is 235 Å². The number of rotatable bonds is 8. The molecule has 204 valence electrons. The van der Waals surface area contributed by atoms with Gasteiger partial charge in [-0.25, -0.2) is 9.18 Å². The van der Waals surface area contributed by atoms with E-state index in [-0.39, 0.29) is 31.2 Å². The molecule has 0 aromatic heterocycles. The van der Waals surface area contributed by atoms with Crippen molar-refractivity contribution in [3.05, 3.63) is 105 Å². The lowest BCUT2D eigenvalue weighted by atomic mass is 9.93. The second-order valence-electron chi connectivity index (χ2n) is 9.02. The van der Waals surface area contributed by atoms with E-state index >= 15 is 0 Å². The normalized spacial score (nSPS) is 18.5. The first-order chi connectivity index (χ1) is 18.8. The zero-order valence-electron chi connectivity index (χ0n) is 21.1. The number of likely N-dealkylation sites (tertiary alicyclic amines) is 1. The lowest BCUT2D eigenvalue weighted by Crippen LogP contribution is -2.46. The Bertz CT molecular complexity index is 1320. The minimum Gasteiger partial charge on any atom is -0.466 e. The van der Waals surface area contributed by atoms with Crippen molar-refractivity contribution < 1.29 is 28.2 Å². The van der Waals surface area contributed by atoms with Crippen LogP contribution in [-0.2, 0) is 32.2 Å². The third-order valence-electron chi connectivity index (χ3n) is 6.47. The van der Waals surface area contributed by atoms with Gasteiger partial charge in [0.25, 0.3) is 0 Å². The van der Waals surface area contributed by atoms with Crippen molar-refractivity contribution in [3.8, 4) is 0 Å². The van der Waals surface area contributed by atoms with Crippen LogP contribution in [0.5, 0.6) is 0 Å². The zero-order chi connectivity index (χ0) is 27.9. The lowest BCUT2D eigenvalue weighted by molar-refractivity contribution is -0.148. The SMILES string of the molecule is CCOC(=O)C1CC(C(=O)NCc2ccc(F)cc2)N(C(=O)OCc2ccccc2)C1c1ccc(Cl)c(Cl)c1. The molecular formula is C29H27Cl2FN2O5. The van der Waals surface area contributed by atoms with E-state index in [2.05, 4.69) is 5.32 Å². The standard InChI is InChI=1S/C29H27Cl2FN2O5/c1-2-38-28(36)22-15-25(27(35)33-16-18-8-11-21(32)12-9-18)34(26(22)20-10-13-23(30)24(31)14-20)29(37)39-17-19-6-4-3-5-7-19/h3-14,22,25-26H,2,15-17H2,1H3,(H,33,35). The first kappa shape index (κ1) is 28.4. The number of nitrogens with one attached hydrogen (secondary N) is 1. The summed E-state index contributed by atoms with van der Waals surface area (Å²) in [5.41, 5.74) is 1.94. The lowest BCUT2D eigenvalue weighted by Gasteiger charge is -2.30. The summed E-state index contributed by atoms with van der Waals surface area (Å²) in [5, 5.41) is 3.33. The molecule has 1 aliphatic rings. The van der Waals surface area contributed by atoms with Gasteiger partial charge in [-0.15, -0.1) is 0 Å². The number of amides is 2. The van der Waals surface area contributed by atoms with Gasteiger partial charge in [-0.05, 0) is 54.3 Å². The Morgan fingerprint density at radius 1 is 0.949 bits per heavy atom. The van der Waals surface area contributed by atoms with Crippen LogP contribution in [-0.4, -0.2) is 35.5 Å². The Kier molecular flexibility index (Phi) is 9.43. The van der Waals surface area contributed by atoms with E-state index < -0.39 is 41.8 Å². The molecule has 4 rings (SSSR count). The van der Waals surface area contributed by atoms with Crippen LogP contribution >= 0.6 is 23.2 Å². The van der Waals surface area contributed by atoms with E-state index in [1.165, 1.54) is 17.0 Å². The van der Waals surface area contributed by atoms with Crippen LogP contribution in [0.1, 0.15) is 36.1 Å². The van der Waals surface area contributed by atoms with Crippen molar-refractivity contribution in [1.82, 2.24) is 10.2 Å². The average Bonchev–Trinajstić information content (AvgIpc) is 3.34. The number of carbonyl (C=O) groups excluding carboxylic acids is 3. The topological polar surface area (TPSA) is 84.9 Å². The van der Waals surface area contributed by atoms with Crippen molar-refractivity contribution in [2.45, 2.75) is 38.6 Å². The molecule has 3 unspecified atom stereocenters. The molecule has 1 heterocycles. The number of hydrogen-bond donors (Lipinski definition) is 1. The van der Waals surface area contributed by atoms with Gasteiger partial charge in [-0.2, -0.15) is 0 Å². The molecule has 1 fully saturated rings. The number of halogens is 3. The number of hydrogen-bond acceptors (Lipinski definition) is 5. The molecule has 3 aromatic carbocycles. The van der Waals surface area contributed by atoms with E-state index in [0.717, 1.165) is 5.56 Å². The molecule has 1 saturated heterocycles. The number of ether oxygens (including phenoxy) is 2. The van der Waals surface area contributed by atoms with E-state index in [0.29, 0.717) is 16.1 Å². The van der Waals surface area contributed by atoms with Crippen molar-refractivity contribution in [3.63, 3.8) is 0 Å². The molecule has 39 heavy (non-hydrogen) atoms. The van der Waals surface area contributed by atoms with Gasteiger partial charge in [0.1, 0.15) is 18.5 Å². The highest BCUT2D eigenvalue weighted by molar-refractivity contribution is 6.42. The van der Waals surface area contributed by atoms with E-state index in [4.69, 9.17) is 32.7 Å². The number of esters is 1. The monoisotopic (exact) mass is 572 g/mol. The molecule has 0 bridgehead atoms. The van der Waals surface area contributed by atoms with Crippen molar-refractivity contribution in [1.29, 1.82) is 0 Å². The van der Waals surface area contributed by atoms with Crippen molar-refractivity contribution in [2.24, 2.45) is 5.92 Å². The number of carbonyl (C=O) groups is 3. The minimum absolute atomic E-state index is 0.000562. The maximum atomic E-state index is 13.6. The molecule has 1 N–H and O–H groups in total. The molecule has 0 saturated carbocycles. The van der Waals surface area contributed by atoms with Crippen LogP contribution < -0.4 is 5.32 Å². The molecule has 3 atom stereocenters. The van der Waals surface area contributed by atoms with Gasteiger partial charge < -0.3 is 14.8 Å². The summed E-state index contributed by atoms with van der Waals surface area (Å²) in [7, 11) is 0. The van der Waals surface area contributed by atoms with Gasteiger partial charge in [0.2, 0.25) is 5.91 Å². The summed E-state index contributed by atoms with van der Waals surface area (Å²) in [4.78, 5) is 41.4. The van der Waals surface area contributed by atoms with Gasteiger partial charge in [-0.1, -0.05) is 71.7 Å². The highest BCUT2D eigenvalue weighted by Gasteiger charge is 2.52. The fourth-order valence-electron chi connectivity index (χ4n) is 4.61. The summed E-state index contributed by atoms with van der Waals surface area (Å²) in [6.07, 6.45) is -0.775. The molecule has 10 heteroatoms. The van der Waals surface area contributed by atoms with Crippen LogP contribution in [0.2, 0.25) is 10.0 Å². The Morgan fingerprint density at radius 2 is 1.67 bits per heavy atom. The third kappa shape index (κ3) is 6.88. The van der Waals surface area contributed by atoms with E-state index in [1.807, 2.05) is 30.3 Å². The van der Waals surface area contributed by atoms with Crippen LogP contribution in [0, 0.1) is 11.7 Å². The van der Waals surface area contributed by atoms with Crippen LogP contribution in [0.25, 0.3) is 0 Å². The maximum absolute atomic E-state index is 13.6. The third-order valence-corrected chi connectivity index (χ3v) is 7.21. The molecule has 0 aliphatic carbocycles. The van der Waals surface area contributed by atoms with Gasteiger partial charge in [-0.3, -0.25) is 14.5 Å². The van der Waals surface area contributed by atoms with Crippen LogP contribution in [0.15, 0.2) is 72.8 Å². The largest absolute Gasteiger partial charge is 0.466 e. The van der Waals surface area contributed by atoms with Crippen molar-refractivity contribution >= 4 is 41.2 Å². The van der Waals surface area contributed by atoms with E-state index in [9.17, 15) is 18.8 Å². The highest BCUT2D eigenvalue weighted by Crippen LogP contribution is 2.43. The van der Waals surface area contributed by atoms with Crippen molar-refractivity contribution in [2.75, 3.05) is 6.61 Å². The molecule has 3 aromatic rings. The fraction of sp³-hybridized carbons (Fsp3) is 0.276. The smallest absolute Gasteiger partial charge is 0.411 e. The predicted octanol–water partition coefficient (Wildman–Crippen LogP) is 6.08. The number of nitrogens with zero attached hydrogens (tertiary/aromatic N) is 1. The van der Waals surface area contributed by atoms with E-state index in [1.54, 1.807) is 37.3 Å². The average molecular weight is 573 g/mol. The quantitative estimate of drug-likeness (QED) is 0.330. The minimum atomic E-state index is -1.05. The number of benzene rings is 3. The maximum Gasteiger partial charge on any atom is 0.411 e. The second kappa shape index (κ2) is 13.0. The van der Waals surface area contributed by atoms with Gasteiger partial charge in [0.05, 0.1) is 28.6 Å². The Balaban J connectivity index is 1.66. The molecule has 0 spiro atoms. The summed E-state index contributed by atoms with van der Waals surface area (Å²) in [6.45, 7) is 1.88. The van der Waals surface area contributed by atoms with Crippen LogP contribution in [0.3, 0.4) is 0 Å². The van der Waals surface area contributed by atoms with Crippen LogP contribution in [0.4, 0.5) is 9.18 Å². The predicted molar refractivity (Wildman–Crippen MR) is 144 cm³/mol. The summed E-state index contributed by atoms with van der Waals surface area (Å²) in [5.74, 6) is -2.31. The first-order valence-electron chi connectivity index (χ1n) is 12.4. The molecule has 7 nitrogen and oxygen atoms in total. The molecule has 0 radical (unpaired) electrons. The molecule has 1 aliphatic heterocycles. The van der Waals surface area contributed by atoms with Gasteiger partial charge in [0, 0.05) is 6.54 Å². The highest BCUT2D eigenvalue weighted by atomic mass is 35.5. The van der Waals surface area contributed by atoms with Gasteiger partial charge in [0.15, 0.2) is 0 Å². The molecular weight excluding hydrogens is 546 g/mol. The zero-order valence-corrected chi connectivity index (χ0v) is 22.6. The Morgan fingerprint density at radius 3 is 2.33 bits per heavy atom. The fourth-order valence-corrected chi connectivity index (χ4v) is 4.92. The summed E-state index contributed by atoms with van der Waals surface area (Å²) >= 11 is 12.4.